The Bertz CT molecular complexity index is 528. The van der Waals surface area contributed by atoms with Gasteiger partial charge in [0.1, 0.15) is 0 Å². The molecule has 2 heterocycles. The number of pyridine rings is 1. The summed E-state index contributed by atoms with van der Waals surface area (Å²) in [5.74, 6) is 0.263. The highest BCUT2D eigenvalue weighted by Gasteiger charge is 2.26. The Kier molecular flexibility index (Phi) is 4.52. The summed E-state index contributed by atoms with van der Waals surface area (Å²) >= 11 is 0. The predicted molar refractivity (Wildman–Crippen MR) is 72.1 cm³/mol. The first-order valence-corrected chi connectivity index (χ1v) is 8.24. The minimum atomic E-state index is -2.94. The Morgan fingerprint density at radius 3 is 2.95 bits per heavy atom. The molecule has 1 aromatic heterocycles. The molecule has 1 aliphatic heterocycles. The van der Waals surface area contributed by atoms with Gasteiger partial charge in [0.25, 0.3) is 0 Å². The molecular weight excluding hydrogens is 264 g/mol. The van der Waals surface area contributed by atoms with E-state index < -0.39 is 9.84 Å². The molecule has 1 amide bonds. The van der Waals surface area contributed by atoms with Crippen LogP contribution in [0.3, 0.4) is 0 Å². The number of nitrogens with zero attached hydrogens (tertiary/aromatic N) is 1. The molecule has 1 atom stereocenters. The van der Waals surface area contributed by atoms with Gasteiger partial charge in [-0.1, -0.05) is 6.07 Å². The third kappa shape index (κ3) is 4.63. The van der Waals surface area contributed by atoms with E-state index >= 15 is 0 Å². The van der Waals surface area contributed by atoms with Gasteiger partial charge in [-0.3, -0.25) is 9.78 Å². The van der Waals surface area contributed by atoms with Gasteiger partial charge in [-0.15, -0.1) is 0 Å². The van der Waals surface area contributed by atoms with Crippen molar-refractivity contribution >= 4 is 15.7 Å². The van der Waals surface area contributed by atoms with E-state index in [1.807, 2.05) is 18.2 Å². The lowest BCUT2D eigenvalue weighted by atomic mass is 10.0. The number of rotatable bonds is 4. The number of carbonyl (C=O) groups is 1. The molecule has 1 unspecified atom stereocenters. The molecule has 0 aromatic carbocycles. The summed E-state index contributed by atoms with van der Waals surface area (Å²) in [7, 11) is -2.94. The van der Waals surface area contributed by atoms with Crippen molar-refractivity contribution in [2.45, 2.75) is 25.8 Å². The zero-order valence-electron chi connectivity index (χ0n) is 10.7. The number of hydrogen-bond acceptors (Lipinski definition) is 4. The van der Waals surface area contributed by atoms with Crippen molar-refractivity contribution < 1.29 is 13.2 Å². The first kappa shape index (κ1) is 14.0. The number of carbonyl (C=O) groups excluding carboxylic acids is 1. The van der Waals surface area contributed by atoms with Crippen LogP contribution in [0, 0.1) is 5.92 Å². The number of sulfone groups is 1. The number of aromatic nitrogens is 1. The summed E-state index contributed by atoms with van der Waals surface area (Å²) in [6, 6.07) is 5.52. The average molecular weight is 282 g/mol. The third-order valence-corrected chi connectivity index (χ3v) is 5.11. The molecule has 1 fully saturated rings. The van der Waals surface area contributed by atoms with Crippen LogP contribution in [0.2, 0.25) is 0 Å². The molecule has 1 N–H and O–H groups in total. The second-order valence-electron chi connectivity index (χ2n) is 4.92. The van der Waals surface area contributed by atoms with Gasteiger partial charge in [0, 0.05) is 12.6 Å². The summed E-state index contributed by atoms with van der Waals surface area (Å²) in [4.78, 5) is 15.9. The summed E-state index contributed by atoms with van der Waals surface area (Å²) in [6.45, 7) is 0.388. The minimum absolute atomic E-state index is 0.0394. The predicted octanol–water partition coefficient (Wildman–Crippen LogP) is 0.913. The van der Waals surface area contributed by atoms with Crippen molar-refractivity contribution in [3.8, 4) is 0 Å². The van der Waals surface area contributed by atoms with Crippen LogP contribution in [0.25, 0.3) is 0 Å². The van der Waals surface area contributed by atoms with Gasteiger partial charge in [-0.2, -0.15) is 0 Å². The molecule has 104 valence electrons. The smallest absolute Gasteiger partial charge is 0.220 e. The van der Waals surface area contributed by atoms with E-state index in [1.165, 1.54) is 0 Å². The molecule has 1 saturated heterocycles. The second-order valence-corrected chi connectivity index (χ2v) is 7.15. The molecule has 1 aliphatic rings. The van der Waals surface area contributed by atoms with E-state index in [-0.39, 0.29) is 29.8 Å². The van der Waals surface area contributed by atoms with Crippen LogP contribution in [0.4, 0.5) is 0 Å². The van der Waals surface area contributed by atoms with E-state index in [4.69, 9.17) is 0 Å². The highest BCUT2D eigenvalue weighted by Crippen LogP contribution is 2.21. The van der Waals surface area contributed by atoms with Gasteiger partial charge in [-0.25, -0.2) is 8.42 Å². The lowest BCUT2D eigenvalue weighted by Gasteiger charge is -2.21. The Morgan fingerprint density at radius 2 is 2.26 bits per heavy atom. The van der Waals surface area contributed by atoms with E-state index in [2.05, 4.69) is 10.3 Å². The first-order valence-electron chi connectivity index (χ1n) is 6.42. The number of hydrogen-bond donors (Lipinski definition) is 1. The highest BCUT2D eigenvalue weighted by molar-refractivity contribution is 7.91. The van der Waals surface area contributed by atoms with Crippen LogP contribution in [0.5, 0.6) is 0 Å². The molecule has 1 aromatic rings. The molecule has 6 heteroatoms. The van der Waals surface area contributed by atoms with Gasteiger partial charge >= 0.3 is 0 Å². The van der Waals surface area contributed by atoms with E-state index in [0.717, 1.165) is 12.1 Å². The Balaban J connectivity index is 1.78. The van der Waals surface area contributed by atoms with E-state index in [1.54, 1.807) is 6.20 Å². The molecule has 2 rings (SSSR count). The maximum atomic E-state index is 11.8. The average Bonchev–Trinajstić information content (AvgIpc) is 2.36. The van der Waals surface area contributed by atoms with Crippen molar-refractivity contribution in [3.05, 3.63) is 30.1 Å². The fourth-order valence-corrected chi connectivity index (χ4v) is 4.08. The van der Waals surface area contributed by atoms with Crippen molar-refractivity contribution in [2.75, 3.05) is 11.5 Å². The monoisotopic (exact) mass is 282 g/mol. The standard InChI is InChI=1S/C13H18N2O3S/c16-13(15-9-12-5-1-2-6-14-12)8-11-4-3-7-19(17,18)10-11/h1-2,5-6,11H,3-4,7-10H2,(H,15,16). The second kappa shape index (κ2) is 6.14. The molecule has 0 spiro atoms. The van der Waals surface area contributed by atoms with Crippen molar-refractivity contribution in [2.24, 2.45) is 5.92 Å². The Labute approximate surface area is 113 Å². The zero-order chi connectivity index (χ0) is 13.7. The van der Waals surface area contributed by atoms with Crippen molar-refractivity contribution in [3.63, 3.8) is 0 Å². The highest BCUT2D eigenvalue weighted by atomic mass is 32.2. The third-order valence-electron chi connectivity index (χ3n) is 3.22. The molecular formula is C13H18N2O3S. The van der Waals surface area contributed by atoms with Gasteiger partial charge in [0.15, 0.2) is 9.84 Å². The molecule has 0 bridgehead atoms. The molecule has 0 aliphatic carbocycles. The fourth-order valence-electron chi connectivity index (χ4n) is 2.30. The number of nitrogens with one attached hydrogen (secondary N) is 1. The summed E-state index contributed by atoms with van der Waals surface area (Å²) < 4.78 is 23.0. The van der Waals surface area contributed by atoms with E-state index in [9.17, 15) is 13.2 Å². The van der Waals surface area contributed by atoms with Crippen LogP contribution in [0.1, 0.15) is 25.0 Å². The summed E-state index contributed by atoms with van der Waals surface area (Å²) in [6.07, 6.45) is 3.44. The first-order chi connectivity index (χ1) is 9.05. The normalized spacial score (nSPS) is 21.8. The van der Waals surface area contributed by atoms with Gasteiger partial charge in [-0.05, 0) is 30.9 Å². The molecule has 5 nitrogen and oxygen atoms in total. The van der Waals surface area contributed by atoms with Gasteiger partial charge in [0.05, 0.1) is 23.7 Å². The van der Waals surface area contributed by atoms with Crippen molar-refractivity contribution in [1.29, 1.82) is 0 Å². The van der Waals surface area contributed by atoms with Gasteiger partial charge in [0.2, 0.25) is 5.91 Å². The van der Waals surface area contributed by atoms with Crippen LogP contribution in [0.15, 0.2) is 24.4 Å². The molecule has 19 heavy (non-hydrogen) atoms. The SMILES string of the molecule is O=C(CC1CCCS(=O)(=O)C1)NCc1ccccn1. The maximum absolute atomic E-state index is 11.8. The fraction of sp³-hybridized carbons (Fsp3) is 0.538. The minimum Gasteiger partial charge on any atom is -0.350 e. The number of amides is 1. The Morgan fingerprint density at radius 1 is 1.42 bits per heavy atom. The molecule has 0 radical (unpaired) electrons. The Hall–Kier alpha value is -1.43. The summed E-state index contributed by atoms with van der Waals surface area (Å²) in [5.41, 5.74) is 0.798. The van der Waals surface area contributed by atoms with Crippen LogP contribution < -0.4 is 5.32 Å². The quantitative estimate of drug-likeness (QED) is 0.890. The molecule has 0 saturated carbocycles. The van der Waals surface area contributed by atoms with Crippen LogP contribution in [-0.2, 0) is 21.2 Å². The van der Waals surface area contributed by atoms with Crippen LogP contribution >= 0.6 is 0 Å². The largest absolute Gasteiger partial charge is 0.350 e. The van der Waals surface area contributed by atoms with E-state index in [0.29, 0.717) is 13.0 Å². The lowest BCUT2D eigenvalue weighted by molar-refractivity contribution is -0.122. The van der Waals surface area contributed by atoms with Gasteiger partial charge < -0.3 is 5.32 Å². The van der Waals surface area contributed by atoms with Crippen LogP contribution in [-0.4, -0.2) is 30.8 Å². The maximum Gasteiger partial charge on any atom is 0.220 e. The zero-order valence-corrected chi connectivity index (χ0v) is 11.5. The lowest BCUT2D eigenvalue weighted by Crippen LogP contribution is -2.31. The van der Waals surface area contributed by atoms with Crippen molar-refractivity contribution in [1.82, 2.24) is 10.3 Å². The summed E-state index contributed by atoms with van der Waals surface area (Å²) in [5, 5.41) is 2.78. The topological polar surface area (TPSA) is 76.1 Å².